The minimum atomic E-state index is -3.61. The highest BCUT2D eigenvalue weighted by Crippen LogP contribution is 2.16. The maximum Gasteiger partial charge on any atom is 0.242 e. The molecule has 1 rings (SSSR count). The lowest BCUT2D eigenvalue weighted by Gasteiger charge is -2.17. The first-order valence-corrected chi connectivity index (χ1v) is 8.95. The molecule has 0 fully saturated rings. The number of ketones is 1. The number of nitrogens with zero attached hydrogens (tertiary/aromatic N) is 1. The van der Waals surface area contributed by atoms with E-state index in [0.29, 0.717) is 12.0 Å². The van der Waals surface area contributed by atoms with E-state index in [9.17, 15) is 18.0 Å². The van der Waals surface area contributed by atoms with Crippen LogP contribution < -0.4 is 5.32 Å². The molecule has 1 aromatic carbocycles. The molecule has 0 bridgehead atoms. The minimum absolute atomic E-state index is 0.0729. The summed E-state index contributed by atoms with van der Waals surface area (Å²) in [6, 6.07) is 5.92. The Morgan fingerprint density at radius 3 is 2.22 bits per heavy atom. The average Bonchev–Trinajstić information content (AvgIpc) is 2.46. The average molecular weight is 340 g/mol. The number of benzene rings is 1. The first-order chi connectivity index (χ1) is 10.6. The molecule has 0 aliphatic rings. The second-order valence-electron chi connectivity index (χ2n) is 5.73. The second-order valence-corrected chi connectivity index (χ2v) is 7.78. The number of carbonyl (C=O) groups excluding carboxylic acids is 2. The fourth-order valence-electron chi connectivity index (χ4n) is 2.02. The predicted octanol–water partition coefficient (Wildman–Crippen LogP) is 1.81. The Kier molecular flexibility index (Phi) is 6.90. The maximum atomic E-state index is 12.4. The summed E-state index contributed by atoms with van der Waals surface area (Å²) >= 11 is 0. The van der Waals surface area contributed by atoms with Gasteiger partial charge in [-0.25, -0.2) is 12.7 Å². The van der Waals surface area contributed by atoms with Gasteiger partial charge in [0, 0.05) is 31.6 Å². The summed E-state index contributed by atoms with van der Waals surface area (Å²) in [6.07, 6.45) is 0.723. The Morgan fingerprint density at radius 1 is 1.17 bits per heavy atom. The van der Waals surface area contributed by atoms with Crippen LogP contribution in [0.2, 0.25) is 0 Å². The largest absolute Gasteiger partial charge is 0.354 e. The molecule has 128 valence electrons. The van der Waals surface area contributed by atoms with E-state index in [1.54, 1.807) is 0 Å². The van der Waals surface area contributed by atoms with Crippen molar-refractivity contribution in [3.8, 4) is 0 Å². The highest BCUT2D eigenvalue weighted by atomic mass is 32.2. The summed E-state index contributed by atoms with van der Waals surface area (Å²) < 4.78 is 26.0. The number of amides is 1. The fourth-order valence-corrected chi connectivity index (χ4v) is 3.23. The van der Waals surface area contributed by atoms with E-state index in [1.807, 2.05) is 13.8 Å². The molecule has 0 aliphatic carbocycles. The van der Waals surface area contributed by atoms with Gasteiger partial charge < -0.3 is 5.32 Å². The van der Waals surface area contributed by atoms with Crippen LogP contribution in [0, 0.1) is 0 Å². The van der Waals surface area contributed by atoms with Crippen LogP contribution in [-0.4, -0.2) is 44.0 Å². The van der Waals surface area contributed by atoms with Crippen molar-refractivity contribution in [2.45, 2.75) is 44.6 Å². The molecule has 0 unspecified atom stereocenters. The molecule has 0 atom stereocenters. The van der Waals surface area contributed by atoms with Gasteiger partial charge in [-0.05, 0) is 39.3 Å². The Bertz CT molecular complexity index is 651. The van der Waals surface area contributed by atoms with E-state index < -0.39 is 10.0 Å². The summed E-state index contributed by atoms with van der Waals surface area (Å²) in [5.41, 5.74) is 0.469. The summed E-state index contributed by atoms with van der Waals surface area (Å²) in [4.78, 5) is 22.9. The molecular weight excluding hydrogens is 316 g/mol. The topological polar surface area (TPSA) is 83.6 Å². The van der Waals surface area contributed by atoms with Gasteiger partial charge in [0.2, 0.25) is 15.9 Å². The van der Waals surface area contributed by atoms with Crippen LogP contribution >= 0.6 is 0 Å². The quantitative estimate of drug-likeness (QED) is 0.732. The lowest BCUT2D eigenvalue weighted by molar-refractivity contribution is -0.121. The van der Waals surface area contributed by atoms with Gasteiger partial charge in [-0.1, -0.05) is 12.1 Å². The number of sulfonamides is 1. The number of nitrogens with one attached hydrogen (secondary N) is 1. The van der Waals surface area contributed by atoms with Crippen LogP contribution in [0.4, 0.5) is 0 Å². The molecule has 6 nitrogen and oxygen atoms in total. The van der Waals surface area contributed by atoms with E-state index >= 15 is 0 Å². The van der Waals surface area contributed by atoms with Gasteiger partial charge in [-0.3, -0.25) is 9.59 Å². The molecule has 0 radical (unpaired) electrons. The summed E-state index contributed by atoms with van der Waals surface area (Å²) in [7, 11) is -2.13. The Labute approximate surface area is 137 Å². The van der Waals surface area contributed by atoms with Crippen LogP contribution in [0.1, 0.15) is 44.0 Å². The molecule has 1 amide bonds. The molecule has 0 aromatic heterocycles. The minimum Gasteiger partial charge on any atom is -0.354 e. The lowest BCUT2D eigenvalue weighted by Crippen LogP contribution is -2.32. The van der Waals surface area contributed by atoms with Crippen molar-refractivity contribution in [2.75, 3.05) is 13.6 Å². The van der Waals surface area contributed by atoms with Crippen LogP contribution in [0.25, 0.3) is 0 Å². The molecule has 1 aromatic rings. The molecule has 1 N–H and O–H groups in total. The molecule has 0 saturated carbocycles. The monoisotopic (exact) mass is 340 g/mol. The first-order valence-electron chi connectivity index (χ1n) is 7.51. The van der Waals surface area contributed by atoms with Gasteiger partial charge in [0.1, 0.15) is 0 Å². The standard InChI is InChI=1S/C16H24N2O4S/c1-12(2)17-16(20)6-5-11-18(4)23(21,22)15-9-7-14(8-10-15)13(3)19/h7-10,12H,5-6,11H2,1-4H3,(H,17,20). The SMILES string of the molecule is CC(=O)c1ccc(S(=O)(=O)N(C)CCCC(=O)NC(C)C)cc1. The maximum absolute atomic E-state index is 12.4. The predicted molar refractivity (Wildman–Crippen MR) is 88.8 cm³/mol. The van der Waals surface area contributed by atoms with Gasteiger partial charge in [-0.15, -0.1) is 0 Å². The van der Waals surface area contributed by atoms with E-state index in [2.05, 4.69) is 5.32 Å². The third kappa shape index (κ3) is 5.76. The zero-order chi connectivity index (χ0) is 17.6. The van der Waals surface area contributed by atoms with Crippen molar-refractivity contribution in [3.63, 3.8) is 0 Å². The summed E-state index contributed by atoms with van der Waals surface area (Å²) in [5, 5.41) is 2.76. The van der Waals surface area contributed by atoms with Crippen molar-refractivity contribution in [1.82, 2.24) is 9.62 Å². The highest BCUT2D eigenvalue weighted by Gasteiger charge is 2.20. The van der Waals surface area contributed by atoms with Crippen molar-refractivity contribution >= 4 is 21.7 Å². The van der Waals surface area contributed by atoms with Crippen molar-refractivity contribution < 1.29 is 18.0 Å². The van der Waals surface area contributed by atoms with Crippen molar-refractivity contribution in [1.29, 1.82) is 0 Å². The Hall–Kier alpha value is -1.73. The van der Waals surface area contributed by atoms with Gasteiger partial charge in [-0.2, -0.15) is 0 Å². The van der Waals surface area contributed by atoms with Crippen LogP contribution in [0.5, 0.6) is 0 Å². The normalized spacial score (nSPS) is 11.7. The fraction of sp³-hybridized carbons (Fsp3) is 0.500. The molecule has 7 heteroatoms. The third-order valence-corrected chi connectivity index (χ3v) is 5.17. The molecule has 0 spiro atoms. The number of Topliss-reactive ketones (excluding diaryl/α,β-unsaturated/α-hetero) is 1. The third-order valence-electron chi connectivity index (χ3n) is 3.30. The zero-order valence-electron chi connectivity index (χ0n) is 14.0. The number of rotatable bonds is 8. The van der Waals surface area contributed by atoms with Crippen LogP contribution in [0.3, 0.4) is 0 Å². The van der Waals surface area contributed by atoms with Gasteiger partial charge in [0.15, 0.2) is 5.78 Å². The molecule has 0 aliphatic heterocycles. The summed E-state index contributed by atoms with van der Waals surface area (Å²) in [6.45, 7) is 5.43. The zero-order valence-corrected chi connectivity index (χ0v) is 14.8. The van der Waals surface area contributed by atoms with Crippen molar-refractivity contribution in [2.24, 2.45) is 0 Å². The second kappa shape index (κ2) is 8.21. The molecule has 0 heterocycles. The van der Waals surface area contributed by atoms with E-state index in [0.717, 1.165) is 0 Å². The first kappa shape index (κ1) is 19.3. The van der Waals surface area contributed by atoms with Gasteiger partial charge in [0.25, 0.3) is 0 Å². The van der Waals surface area contributed by atoms with Gasteiger partial charge >= 0.3 is 0 Å². The lowest BCUT2D eigenvalue weighted by atomic mass is 10.2. The van der Waals surface area contributed by atoms with Crippen LogP contribution in [-0.2, 0) is 14.8 Å². The summed E-state index contributed by atoms with van der Waals surface area (Å²) in [5.74, 6) is -0.199. The highest BCUT2D eigenvalue weighted by molar-refractivity contribution is 7.89. The number of hydrogen-bond donors (Lipinski definition) is 1. The number of carbonyl (C=O) groups is 2. The molecule has 23 heavy (non-hydrogen) atoms. The van der Waals surface area contributed by atoms with E-state index in [-0.39, 0.29) is 35.6 Å². The smallest absolute Gasteiger partial charge is 0.242 e. The molecule has 0 saturated heterocycles. The van der Waals surface area contributed by atoms with Gasteiger partial charge in [0.05, 0.1) is 4.90 Å². The van der Waals surface area contributed by atoms with Crippen LogP contribution in [0.15, 0.2) is 29.2 Å². The van der Waals surface area contributed by atoms with E-state index in [4.69, 9.17) is 0 Å². The Morgan fingerprint density at radius 2 is 1.74 bits per heavy atom. The van der Waals surface area contributed by atoms with E-state index in [1.165, 1.54) is 42.5 Å². The number of hydrogen-bond acceptors (Lipinski definition) is 4. The Balaban J connectivity index is 2.65. The van der Waals surface area contributed by atoms with Crippen molar-refractivity contribution in [3.05, 3.63) is 29.8 Å². The molecular formula is C16H24N2O4S.